The molecular formula is C34H44FN5O8S. The summed E-state index contributed by atoms with van der Waals surface area (Å²) in [5.74, 6) is -2.82. The van der Waals surface area contributed by atoms with Crippen LogP contribution in [0.15, 0.2) is 41.6 Å². The normalized spacial score (nSPS) is 30.3. The fraction of sp³-hybridized carbons (Fsp3) is 0.618. The van der Waals surface area contributed by atoms with E-state index < -0.39 is 74.5 Å². The fourth-order valence-electron chi connectivity index (χ4n) is 6.94. The lowest BCUT2D eigenvalue weighted by atomic mass is 10.0. The van der Waals surface area contributed by atoms with Crippen molar-refractivity contribution in [2.45, 2.75) is 119 Å². The van der Waals surface area contributed by atoms with E-state index in [4.69, 9.17) is 9.57 Å². The van der Waals surface area contributed by atoms with E-state index in [2.05, 4.69) is 20.5 Å². The van der Waals surface area contributed by atoms with Crippen LogP contribution < -0.4 is 15.4 Å². The lowest BCUT2D eigenvalue weighted by Gasteiger charge is -2.30. The molecule has 5 aliphatic rings. The summed E-state index contributed by atoms with van der Waals surface area (Å²) < 4.78 is 46.8. The molecule has 266 valence electrons. The van der Waals surface area contributed by atoms with Crippen molar-refractivity contribution in [3.63, 3.8) is 0 Å². The molecule has 0 spiro atoms. The highest BCUT2D eigenvalue weighted by atomic mass is 32.2. The molecule has 2 aliphatic heterocycles. The van der Waals surface area contributed by atoms with Crippen molar-refractivity contribution in [3.8, 4) is 0 Å². The second-order valence-corrected chi connectivity index (χ2v) is 15.7. The van der Waals surface area contributed by atoms with Crippen LogP contribution in [0.3, 0.4) is 0 Å². The second-order valence-electron chi connectivity index (χ2n) is 13.8. The Hall–Kier alpha value is -4.01. The minimum absolute atomic E-state index is 0.00980. The monoisotopic (exact) mass is 701 g/mol. The van der Waals surface area contributed by atoms with Crippen molar-refractivity contribution in [1.82, 2.24) is 20.3 Å². The van der Waals surface area contributed by atoms with Gasteiger partial charge in [-0.3, -0.25) is 19.1 Å². The molecule has 0 unspecified atom stereocenters. The van der Waals surface area contributed by atoms with E-state index in [1.54, 1.807) is 6.07 Å². The van der Waals surface area contributed by atoms with E-state index in [-0.39, 0.29) is 25.5 Å². The number of oxime groups is 1. The summed E-state index contributed by atoms with van der Waals surface area (Å²) >= 11 is 0. The number of nitrogens with one attached hydrogen (secondary N) is 3. The van der Waals surface area contributed by atoms with Crippen molar-refractivity contribution in [3.05, 3.63) is 47.8 Å². The van der Waals surface area contributed by atoms with Gasteiger partial charge in [-0.15, -0.1) is 0 Å². The zero-order valence-electron chi connectivity index (χ0n) is 27.4. The molecule has 0 aromatic heterocycles. The number of sulfonamides is 1. The molecule has 2 heterocycles. The topological polar surface area (TPSA) is 173 Å². The highest BCUT2D eigenvalue weighted by Gasteiger charge is 2.62. The van der Waals surface area contributed by atoms with Gasteiger partial charge in [-0.2, -0.15) is 0 Å². The number of ether oxygens (including phenoxy) is 1. The Bertz CT molecular complexity index is 1590. The Morgan fingerprint density at radius 1 is 1.04 bits per heavy atom. The standard InChI is InChI=1S/C34H44FN5O8S/c35-24-11-8-9-22(17-24)20-36-48-26-18-29-30(41)38-34(32(43)39-49(45,46)27-15-16-27)19-23(34)10-4-2-1-3-5-14-28(31(42)40(29)21-26)37-33(44)47-25-12-6-7-13-25/h4,8-11,17,20,23,25-29H,1-3,5-7,12-16,18-19,21H2,(H,37,44)(H,38,41)(H,39,43)/b10-4-,36-20+/t23-,26-,28+,29+,34+/m1/s1. The van der Waals surface area contributed by atoms with Gasteiger partial charge in [-0.25, -0.2) is 17.6 Å². The quantitative estimate of drug-likeness (QED) is 0.211. The smallest absolute Gasteiger partial charge is 0.408 e. The predicted molar refractivity (Wildman–Crippen MR) is 176 cm³/mol. The highest BCUT2D eigenvalue weighted by molar-refractivity contribution is 7.91. The maximum atomic E-state index is 14.2. The number of fused-ring (bicyclic) bond motifs is 2. The molecule has 3 N–H and O–H groups in total. The number of hydrogen-bond donors (Lipinski definition) is 3. The van der Waals surface area contributed by atoms with E-state index >= 15 is 0 Å². The average molecular weight is 702 g/mol. The van der Waals surface area contributed by atoms with E-state index in [0.717, 1.165) is 38.5 Å². The molecule has 4 amide bonds. The number of halogens is 1. The molecule has 1 saturated heterocycles. The predicted octanol–water partition coefficient (Wildman–Crippen LogP) is 3.19. The van der Waals surface area contributed by atoms with Gasteiger partial charge in [0.05, 0.1) is 18.0 Å². The summed E-state index contributed by atoms with van der Waals surface area (Å²) in [6.45, 7) is -0.0498. The minimum Gasteiger partial charge on any atom is -0.446 e. The number of carbonyl (C=O) groups is 4. The number of hydrogen-bond acceptors (Lipinski definition) is 9. The highest BCUT2D eigenvalue weighted by Crippen LogP contribution is 2.46. The van der Waals surface area contributed by atoms with Crippen LogP contribution in [0, 0.1) is 11.7 Å². The van der Waals surface area contributed by atoms with Crippen LogP contribution in [0.5, 0.6) is 0 Å². The Kier molecular flexibility index (Phi) is 10.6. The number of amides is 4. The third-order valence-electron chi connectivity index (χ3n) is 9.97. The third-order valence-corrected chi connectivity index (χ3v) is 11.8. The molecule has 4 fully saturated rings. The van der Waals surface area contributed by atoms with Gasteiger partial charge in [0.25, 0.3) is 5.91 Å². The number of benzene rings is 1. The third kappa shape index (κ3) is 8.60. The van der Waals surface area contributed by atoms with E-state index in [9.17, 15) is 32.0 Å². The van der Waals surface area contributed by atoms with Crippen LogP contribution in [-0.2, 0) is 34.0 Å². The first kappa shape index (κ1) is 34.8. The Labute approximate surface area is 285 Å². The van der Waals surface area contributed by atoms with Gasteiger partial charge in [0.2, 0.25) is 21.8 Å². The van der Waals surface area contributed by atoms with Gasteiger partial charge in [0.1, 0.15) is 35.6 Å². The number of nitrogens with zero attached hydrogens (tertiary/aromatic N) is 2. The van der Waals surface area contributed by atoms with Gasteiger partial charge < -0.3 is 25.1 Å². The molecule has 1 aromatic rings. The fourth-order valence-corrected chi connectivity index (χ4v) is 8.30. The van der Waals surface area contributed by atoms with Crippen LogP contribution >= 0.6 is 0 Å². The first-order chi connectivity index (χ1) is 23.5. The zero-order chi connectivity index (χ0) is 34.6. The van der Waals surface area contributed by atoms with Crippen LogP contribution in [0.25, 0.3) is 0 Å². The maximum absolute atomic E-state index is 14.2. The van der Waals surface area contributed by atoms with Crippen molar-refractivity contribution >= 4 is 40.1 Å². The Morgan fingerprint density at radius 2 is 1.82 bits per heavy atom. The van der Waals surface area contributed by atoms with Crippen molar-refractivity contribution in [2.75, 3.05) is 6.54 Å². The summed E-state index contributed by atoms with van der Waals surface area (Å²) in [6.07, 6.45) is 11.3. The molecule has 13 nitrogen and oxygen atoms in total. The SMILES string of the molecule is O=C(N[C@H]1CCCCC/C=C\[C@@H]2C[C@]2(C(=O)NS(=O)(=O)C2CC2)NC(=O)[C@@H]2C[C@@H](O/N=C/c3cccc(F)c3)CN2C1=O)OC1CCCC1. The van der Waals surface area contributed by atoms with Gasteiger partial charge in [0.15, 0.2) is 0 Å². The number of rotatable bonds is 8. The summed E-state index contributed by atoms with van der Waals surface area (Å²) in [6, 6.07) is 3.65. The molecule has 1 aromatic carbocycles. The molecule has 49 heavy (non-hydrogen) atoms. The number of allylic oxidation sites excluding steroid dienone is 1. The average Bonchev–Trinajstić information content (AvgIpc) is 3.93. The number of alkyl carbamates (subject to hydrolysis) is 1. The molecule has 15 heteroatoms. The van der Waals surface area contributed by atoms with Crippen molar-refractivity contribution < 1.29 is 41.6 Å². The van der Waals surface area contributed by atoms with Gasteiger partial charge in [0, 0.05) is 12.3 Å². The molecule has 3 aliphatic carbocycles. The summed E-state index contributed by atoms with van der Waals surface area (Å²) in [7, 11) is -3.88. The Balaban J connectivity index is 1.24. The summed E-state index contributed by atoms with van der Waals surface area (Å²) in [5.41, 5.74) is -1.05. The minimum atomic E-state index is -3.88. The van der Waals surface area contributed by atoms with Crippen LogP contribution in [0.4, 0.5) is 9.18 Å². The lowest BCUT2D eigenvalue weighted by Crippen LogP contribution is -2.58. The second kappa shape index (κ2) is 14.9. The first-order valence-corrected chi connectivity index (χ1v) is 18.9. The number of carbonyl (C=O) groups excluding carboxylic acids is 4. The van der Waals surface area contributed by atoms with Crippen LogP contribution in [0.2, 0.25) is 0 Å². The van der Waals surface area contributed by atoms with E-state index in [1.165, 1.54) is 29.3 Å². The summed E-state index contributed by atoms with van der Waals surface area (Å²) in [4.78, 5) is 61.8. The maximum Gasteiger partial charge on any atom is 0.408 e. The zero-order valence-corrected chi connectivity index (χ0v) is 28.2. The van der Waals surface area contributed by atoms with Crippen LogP contribution in [-0.4, -0.2) is 85.0 Å². The largest absolute Gasteiger partial charge is 0.446 e. The van der Waals surface area contributed by atoms with E-state index in [1.807, 2.05) is 12.2 Å². The molecular weight excluding hydrogens is 657 g/mol. The molecule has 3 saturated carbocycles. The summed E-state index contributed by atoms with van der Waals surface area (Å²) in [5, 5.41) is 8.92. The van der Waals surface area contributed by atoms with Gasteiger partial charge in [-0.05, 0) is 81.9 Å². The first-order valence-electron chi connectivity index (χ1n) is 17.3. The van der Waals surface area contributed by atoms with Crippen LogP contribution in [0.1, 0.15) is 89.0 Å². The van der Waals surface area contributed by atoms with Gasteiger partial charge in [-0.1, -0.05) is 42.3 Å². The van der Waals surface area contributed by atoms with Crippen molar-refractivity contribution in [1.29, 1.82) is 0 Å². The molecule has 6 rings (SSSR count). The lowest BCUT2D eigenvalue weighted by molar-refractivity contribution is -0.141. The van der Waals surface area contributed by atoms with Gasteiger partial charge >= 0.3 is 6.09 Å². The molecule has 0 bridgehead atoms. The Morgan fingerprint density at radius 3 is 2.57 bits per heavy atom. The molecule has 5 atom stereocenters. The van der Waals surface area contributed by atoms with Crippen molar-refractivity contribution in [2.24, 2.45) is 11.1 Å². The molecule has 0 radical (unpaired) electrons. The van der Waals surface area contributed by atoms with E-state index in [0.29, 0.717) is 37.7 Å².